The SMILES string of the molecule is CN1CCN=C1NCCOc1c(Cl)cc(Br)cc1Cl.I. The molecule has 0 aromatic heterocycles. The van der Waals surface area contributed by atoms with E-state index >= 15 is 0 Å². The van der Waals surface area contributed by atoms with Gasteiger partial charge in [-0.2, -0.15) is 0 Å². The molecule has 1 aromatic rings. The molecule has 0 aliphatic carbocycles. The third kappa shape index (κ3) is 4.82. The van der Waals surface area contributed by atoms with Gasteiger partial charge in [0.25, 0.3) is 0 Å². The molecule has 0 fully saturated rings. The van der Waals surface area contributed by atoms with Gasteiger partial charge in [-0.3, -0.25) is 4.99 Å². The molecule has 0 radical (unpaired) electrons. The first-order chi connectivity index (χ1) is 9.08. The lowest BCUT2D eigenvalue weighted by Gasteiger charge is -2.16. The monoisotopic (exact) mass is 493 g/mol. The van der Waals surface area contributed by atoms with Gasteiger partial charge in [0.1, 0.15) is 6.61 Å². The van der Waals surface area contributed by atoms with Crippen molar-refractivity contribution in [2.45, 2.75) is 0 Å². The van der Waals surface area contributed by atoms with E-state index in [9.17, 15) is 0 Å². The second-order valence-electron chi connectivity index (χ2n) is 4.10. The Bertz CT molecular complexity index is 479. The third-order valence-electron chi connectivity index (χ3n) is 2.65. The summed E-state index contributed by atoms with van der Waals surface area (Å²) in [5.74, 6) is 1.41. The highest BCUT2D eigenvalue weighted by molar-refractivity contribution is 14.0. The van der Waals surface area contributed by atoms with Crippen LogP contribution in [0, 0.1) is 0 Å². The Morgan fingerprint density at radius 3 is 2.60 bits per heavy atom. The Morgan fingerprint density at radius 2 is 2.05 bits per heavy atom. The van der Waals surface area contributed by atoms with Crippen molar-refractivity contribution in [1.29, 1.82) is 0 Å². The molecule has 1 aromatic carbocycles. The second-order valence-corrected chi connectivity index (χ2v) is 5.83. The summed E-state index contributed by atoms with van der Waals surface area (Å²) in [6, 6.07) is 3.51. The standard InChI is InChI=1S/C12H14BrCl2N3O.HI/c1-18-4-2-16-12(18)17-3-5-19-11-9(14)6-8(13)7-10(11)15;/h6-7H,2-5H2,1H3,(H,16,17);1H. The highest BCUT2D eigenvalue weighted by atomic mass is 127. The summed E-state index contributed by atoms with van der Waals surface area (Å²) >= 11 is 15.5. The van der Waals surface area contributed by atoms with Gasteiger partial charge in [-0.1, -0.05) is 39.1 Å². The first-order valence-corrected chi connectivity index (χ1v) is 7.39. The number of benzene rings is 1. The van der Waals surface area contributed by atoms with E-state index in [1.54, 1.807) is 12.1 Å². The number of likely N-dealkylation sites (N-methyl/N-ethyl adjacent to an activating group) is 1. The van der Waals surface area contributed by atoms with E-state index in [4.69, 9.17) is 27.9 Å². The minimum atomic E-state index is 0. The first kappa shape index (κ1) is 18.1. The maximum atomic E-state index is 6.07. The first-order valence-electron chi connectivity index (χ1n) is 5.84. The fourth-order valence-corrected chi connectivity index (χ4v) is 3.02. The van der Waals surface area contributed by atoms with Crippen LogP contribution in [0.15, 0.2) is 21.6 Å². The van der Waals surface area contributed by atoms with Crippen molar-refractivity contribution in [3.63, 3.8) is 0 Å². The second kappa shape index (κ2) is 8.51. The van der Waals surface area contributed by atoms with E-state index in [0.717, 1.165) is 23.5 Å². The van der Waals surface area contributed by atoms with Crippen LogP contribution in [-0.4, -0.2) is 44.1 Å². The molecule has 0 saturated heterocycles. The Labute approximate surface area is 154 Å². The molecule has 20 heavy (non-hydrogen) atoms. The van der Waals surface area contributed by atoms with E-state index in [1.165, 1.54) is 0 Å². The molecule has 0 saturated carbocycles. The van der Waals surface area contributed by atoms with Gasteiger partial charge in [0.05, 0.1) is 23.1 Å². The summed E-state index contributed by atoms with van der Waals surface area (Å²) in [7, 11) is 2.00. The molecule has 0 spiro atoms. The number of rotatable bonds is 4. The minimum absolute atomic E-state index is 0. The molecule has 2 rings (SSSR count). The van der Waals surface area contributed by atoms with Crippen molar-refractivity contribution in [3.8, 4) is 5.75 Å². The molecular formula is C12H15BrCl2IN3O. The smallest absolute Gasteiger partial charge is 0.193 e. The normalized spacial score (nSPS) is 13.8. The van der Waals surface area contributed by atoms with Crippen LogP contribution >= 0.6 is 63.1 Å². The van der Waals surface area contributed by atoms with Gasteiger partial charge >= 0.3 is 0 Å². The van der Waals surface area contributed by atoms with E-state index in [-0.39, 0.29) is 24.0 Å². The zero-order valence-electron chi connectivity index (χ0n) is 10.8. The molecule has 1 heterocycles. The molecule has 0 amide bonds. The summed E-state index contributed by atoms with van der Waals surface area (Å²) in [6.07, 6.45) is 0. The summed E-state index contributed by atoms with van der Waals surface area (Å²) < 4.78 is 6.43. The van der Waals surface area contributed by atoms with Crippen LogP contribution in [0.1, 0.15) is 0 Å². The van der Waals surface area contributed by atoms with E-state index < -0.39 is 0 Å². The van der Waals surface area contributed by atoms with Crippen LogP contribution in [0.5, 0.6) is 5.75 Å². The molecule has 0 bridgehead atoms. The zero-order chi connectivity index (χ0) is 13.8. The number of guanidine groups is 1. The van der Waals surface area contributed by atoms with Gasteiger partial charge < -0.3 is 15.0 Å². The van der Waals surface area contributed by atoms with Gasteiger partial charge in [0, 0.05) is 18.1 Å². The molecule has 0 unspecified atom stereocenters. The molecule has 1 N–H and O–H groups in total. The summed E-state index contributed by atoms with van der Waals surface area (Å²) in [6.45, 7) is 2.90. The van der Waals surface area contributed by atoms with Crippen molar-refractivity contribution in [2.75, 3.05) is 33.3 Å². The number of hydrogen-bond donors (Lipinski definition) is 1. The zero-order valence-corrected chi connectivity index (χ0v) is 16.3. The van der Waals surface area contributed by atoms with E-state index in [1.807, 2.05) is 7.05 Å². The average molecular weight is 495 g/mol. The van der Waals surface area contributed by atoms with Gasteiger partial charge in [-0.05, 0) is 12.1 Å². The van der Waals surface area contributed by atoms with Gasteiger partial charge in [-0.15, -0.1) is 24.0 Å². The van der Waals surface area contributed by atoms with Crippen LogP contribution in [0.2, 0.25) is 10.0 Å². The fourth-order valence-electron chi connectivity index (χ4n) is 1.71. The molecule has 1 aliphatic heterocycles. The molecule has 8 heteroatoms. The van der Waals surface area contributed by atoms with Crippen molar-refractivity contribution in [3.05, 3.63) is 26.7 Å². The largest absolute Gasteiger partial charge is 0.489 e. The Hall–Kier alpha value is 0.0800. The van der Waals surface area contributed by atoms with Crippen LogP contribution in [-0.2, 0) is 0 Å². The van der Waals surface area contributed by atoms with Crippen LogP contribution in [0.4, 0.5) is 0 Å². The van der Waals surface area contributed by atoms with Crippen LogP contribution < -0.4 is 10.1 Å². The predicted octanol–water partition coefficient (Wildman–Crippen LogP) is 3.64. The highest BCUT2D eigenvalue weighted by Gasteiger charge is 2.12. The summed E-state index contributed by atoms with van der Waals surface area (Å²) in [4.78, 5) is 6.39. The van der Waals surface area contributed by atoms with Gasteiger partial charge in [0.2, 0.25) is 0 Å². The Balaban J connectivity index is 0.00000200. The lowest BCUT2D eigenvalue weighted by atomic mass is 10.3. The van der Waals surface area contributed by atoms with Crippen LogP contribution in [0.3, 0.4) is 0 Å². The van der Waals surface area contributed by atoms with Gasteiger partial charge in [0.15, 0.2) is 11.7 Å². The lowest BCUT2D eigenvalue weighted by Crippen LogP contribution is -2.37. The number of halogens is 4. The Kier molecular flexibility index (Phi) is 7.71. The molecular weight excluding hydrogens is 480 g/mol. The number of aliphatic imine (C=N–C) groups is 1. The van der Waals surface area contributed by atoms with Crippen molar-refractivity contribution in [2.24, 2.45) is 4.99 Å². The number of hydrogen-bond acceptors (Lipinski definition) is 4. The van der Waals surface area contributed by atoms with Crippen molar-refractivity contribution >= 4 is 69.1 Å². The van der Waals surface area contributed by atoms with Crippen LogP contribution in [0.25, 0.3) is 0 Å². The van der Waals surface area contributed by atoms with E-state index in [0.29, 0.717) is 28.9 Å². The minimum Gasteiger partial charge on any atom is -0.489 e. The quantitative estimate of drug-likeness (QED) is 0.513. The van der Waals surface area contributed by atoms with Gasteiger partial charge in [-0.25, -0.2) is 0 Å². The number of nitrogens with one attached hydrogen (secondary N) is 1. The summed E-state index contributed by atoms with van der Waals surface area (Å²) in [5, 5.41) is 4.20. The predicted molar refractivity (Wildman–Crippen MR) is 98.0 cm³/mol. The van der Waals surface area contributed by atoms with Crippen molar-refractivity contribution < 1.29 is 4.74 Å². The lowest BCUT2D eigenvalue weighted by molar-refractivity contribution is 0.321. The topological polar surface area (TPSA) is 36.9 Å². The average Bonchev–Trinajstić information content (AvgIpc) is 2.73. The molecule has 1 aliphatic rings. The van der Waals surface area contributed by atoms with Crippen molar-refractivity contribution in [1.82, 2.24) is 10.2 Å². The number of ether oxygens (including phenoxy) is 1. The maximum Gasteiger partial charge on any atom is 0.193 e. The fraction of sp³-hybridized carbons (Fsp3) is 0.417. The van der Waals surface area contributed by atoms with E-state index in [2.05, 4.69) is 31.1 Å². The summed E-state index contributed by atoms with van der Waals surface area (Å²) in [5.41, 5.74) is 0. The maximum absolute atomic E-state index is 6.07. The molecule has 4 nitrogen and oxygen atoms in total. The number of nitrogens with zero attached hydrogens (tertiary/aromatic N) is 2. The molecule has 0 atom stereocenters. The Morgan fingerprint density at radius 1 is 1.40 bits per heavy atom. The highest BCUT2D eigenvalue weighted by Crippen LogP contribution is 2.35. The third-order valence-corrected chi connectivity index (χ3v) is 3.67. The molecule has 112 valence electrons.